The Labute approximate surface area is 174 Å². The van der Waals surface area contributed by atoms with Gasteiger partial charge in [0, 0.05) is 0 Å². The third-order valence-electron chi connectivity index (χ3n) is 3.61. The summed E-state index contributed by atoms with van der Waals surface area (Å²) in [7, 11) is 1.58. The molecule has 0 unspecified atom stereocenters. The summed E-state index contributed by atoms with van der Waals surface area (Å²) >= 11 is 3.49. The summed E-state index contributed by atoms with van der Waals surface area (Å²) in [5.41, 5.74) is 4.19. The van der Waals surface area contributed by atoms with Crippen LogP contribution in [0.25, 0.3) is 0 Å². The molecule has 2 aromatic carbocycles. The molecule has 0 heterocycles. The van der Waals surface area contributed by atoms with Gasteiger partial charge in [0.2, 0.25) is 5.91 Å². The molecule has 7 heteroatoms. The number of rotatable bonds is 9. The first-order valence-electron chi connectivity index (χ1n) is 9.00. The minimum Gasteiger partial charge on any atom is -0.494 e. The molecule has 150 valence electrons. The van der Waals surface area contributed by atoms with Gasteiger partial charge in [0.05, 0.1) is 36.9 Å². The Hall–Kier alpha value is -2.54. The third-order valence-corrected chi connectivity index (χ3v) is 4.20. The Morgan fingerprint density at radius 3 is 2.57 bits per heavy atom. The van der Waals surface area contributed by atoms with Crippen LogP contribution in [0, 0.1) is 0 Å². The van der Waals surface area contributed by atoms with E-state index < -0.39 is 0 Å². The highest BCUT2D eigenvalue weighted by molar-refractivity contribution is 9.10. The van der Waals surface area contributed by atoms with Gasteiger partial charge in [0.1, 0.15) is 5.75 Å². The number of methoxy groups -OCH3 is 1. The molecule has 0 spiro atoms. The van der Waals surface area contributed by atoms with E-state index in [1.54, 1.807) is 19.4 Å². The van der Waals surface area contributed by atoms with Gasteiger partial charge in [-0.2, -0.15) is 5.10 Å². The molecule has 0 aliphatic carbocycles. The SMILES string of the molecule is CCOc1ccc(CC(=O)N/N=C\c2cc(Br)c(OC(C)C)c(OC)c2)cc1. The third kappa shape index (κ3) is 6.56. The van der Waals surface area contributed by atoms with Crippen LogP contribution in [-0.4, -0.2) is 31.9 Å². The minimum absolute atomic E-state index is 0.0200. The van der Waals surface area contributed by atoms with Crippen LogP contribution < -0.4 is 19.6 Å². The van der Waals surface area contributed by atoms with E-state index in [4.69, 9.17) is 14.2 Å². The zero-order valence-corrected chi connectivity index (χ0v) is 18.1. The molecule has 2 aromatic rings. The number of carbonyl (C=O) groups excluding carboxylic acids is 1. The summed E-state index contributed by atoms with van der Waals surface area (Å²) < 4.78 is 17.3. The van der Waals surface area contributed by atoms with Gasteiger partial charge >= 0.3 is 0 Å². The number of benzene rings is 2. The maximum absolute atomic E-state index is 12.1. The van der Waals surface area contributed by atoms with Crippen molar-refractivity contribution in [3.8, 4) is 17.2 Å². The van der Waals surface area contributed by atoms with Crippen molar-refractivity contribution in [3.63, 3.8) is 0 Å². The van der Waals surface area contributed by atoms with E-state index in [2.05, 4.69) is 26.5 Å². The van der Waals surface area contributed by atoms with Crippen molar-refractivity contribution in [2.75, 3.05) is 13.7 Å². The molecule has 28 heavy (non-hydrogen) atoms. The number of hydrazone groups is 1. The average molecular weight is 449 g/mol. The maximum Gasteiger partial charge on any atom is 0.244 e. The largest absolute Gasteiger partial charge is 0.494 e. The lowest BCUT2D eigenvalue weighted by Crippen LogP contribution is -2.19. The molecule has 1 amide bonds. The van der Waals surface area contributed by atoms with E-state index in [1.165, 1.54) is 0 Å². The van der Waals surface area contributed by atoms with Crippen molar-refractivity contribution in [1.82, 2.24) is 5.43 Å². The Bertz CT molecular complexity index is 820. The molecular weight excluding hydrogens is 424 g/mol. The molecule has 0 aliphatic heterocycles. The lowest BCUT2D eigenvalue weighted by atomic mass is 10.1. The second-order valence-electron chi connectivity index (χ2n) is 6.25. The molecule has 2 rings (SSSR count). The van der Waals surface area contributed by atoms with Gasteiger partial charge in [-0.25, -0.2) is 5.43 Å². The molecule has 0 saturated carbocycles. The highest BCUT2D eigenvalue weighted by Crippen LogP contribution is 2.36. The Morgan fingerprint density at radius 2 is 1.96 bits per heavy atom. The van der Waals surface area contributed by atoms with E-state index in [9.17, 15) is 4.79 Å². The minimum atomic E-state index is -0.203. The fourth-order valence-electron chi connectivity index (χ4n) is 2.44. The Morgan fingerprint density at radius 1 is 1.25 bits per heavy atom. The molecule has 0 aliphatic rings. The summed E-state index contributed by atoms with van der Waals surface area (Å²) in [6.45, 7) is 6.43. The highest BCUT2D eigenvalue weighted by Gasteiger charge is 2.12. The molecule has 0 saturated heterocycles. The topological polar surface area (TPSA) is 69.2 Å². The van der Waals surface area contributed by atoms with Gasteiger partial charge in [0.25, 0.3) is 0 Å². The monoisotopic (exact) mass is 448 g/mol. The smallest absolute Gasteiger partial charge is 0.244 e. The number of halogens is 1. The fraction of sp³-hybridized carbons (Fsp3) is 0.333. The number of ether oxygens (including phenoxy) is 3. The Kier molecular flexibility index (Phi) is 8.32. The summed E-state index contributed by atoms with van der Waals surface area (Å²) in [4.78, 5) is 12.1. The summed E-state index contributed by atoms with van der Waals surface area (Å²) in [6, 6.07) is 11.1. The van der Waals surface area contributed by atoms with Crippen molar-refractivity contribution in [3.05, 3.63) is 52.0 Å². The predicted octanol–water partition coefficient (Wildman–Crippen LogP) is 4.34. The lowest BCUT2D eigenvalue weighted by Gasteiger charge is -2.15. The van der Waals surface area contributed by atoms with E-state index in [0.29, 0.717) is 18.1 Å². The van der Waals surface area contributed by atoms with Crippen molar-refractivity contribution >= 4 is 28.1 Å². The lowest BCUT2D eigenvalue weighted by molar-refractivity contribution is -0.120. The fourth-order valence-corrected chi connectivity index (χ4v) is 2.99. The summed E-state index contributed by atoms with van der Waals surface area (Å²) in [6.07, 6.45) is 1.81. The number of hydrogen-bond donors (Lipinski definition) is 1. The standard InChI is InChI=1S/C21H25BrN2O4/c1-5-27-17-8-6-15(7-9-17)12-20(25)24-23-13-16-10-18(22)21(28-14(2)3)19(11-16)26-4/h6-11,13-14H,5,12H2,1-4H3,(H,24,25)/b23-13-. The van der Waals surface area contributed by atoms with E-state index >= 15 is 0 Å². The normalized spacial score (nSPS) is 10.9. The number of nitrogens with zero attached hydrogens (tertiary/aromatic N) is 1. The molecular formula is C21H25BrN2O4. The first-order valence-corrected chi connectivity index (χ1v) is 9.80. The van der Waals surface area contributed by atoms with E-state index in [0.717, 1.165) is 21.3 Å². The summed E-state index contributed by atoms with van der Waals surface area (Å²) in [5.74, 6) is 1.81. The van der Waals surface area contributed by atoms with Crippen molar-refractivity contribution in [2.24, 2.45) is 5.10 Å². The molecule has 0 atom stereocenters. The first kappa shape index (κ1) is 21.8. The second kappa shape index (κ2) is 10.7. The molecule has 6 nitrogen and oxygen atoms in total. The molecule has 0 aromatic heterocycles. The maximum atomic E-state index is 12.1. The van der Waals surface area contributed by atoms with Crippen LogP contribution in [0.2, 0.25) is 0 Å². The quantitative estimate of drug-likeness (QED) is 0.457. The molecule has 1 N–H and O–H groups in total. The van der Waals surface area contributed by atoms with Gasteiger partial charge in [0.15, 0.2) is 11.5 Å². The van der Waals surface area contributed by atoms with Gasteiger partial charge < -0.3 is 14.2 Å². The van der Waals surface area contributed by atoms with Crippen LogP contribution >= 0.6 is 15.9 Å². The van der Waals surface area contributed by atoms with Crippen molar-refractivity contribution < 1.29 is 19.0 Å². The van der Waals surface area contributed by atoms with E-state index in [1.807, 2.05) is 51.1 Å². The molecule has 0 fully saturated rings. The molecule has 0 radical (unpaired) electrons. The van der Waals surface area contributed by atoms with Crippen LogP contribution in [0.1, 0.15) is 31.9 Å². The van der Waals surface area contributed by atoms with Crippen LogP contribution in [-0.2, 0) is 11.2 Å². The van der Waals surface area contributed by atoms with Crippen LogP contribution in [0.4, 0.5) is 0 Å². The Balaban J connectivity index is 1.97. The highest BCUT2D eigenvalue weighted by atomic mass is 79.9. The first-order chi connectivity index (χ1) is 13.4. The predicted molar refractivity (Wildman–Crippen MR) is 114 cm³/mol. The number of hydrogen-bond acceptors (Lipinski definition) is 5. The van der Waals surface area contributed by atoms with Crippen LogP contribution in [0.3, 0.4) is 0 Å². The van der Waals surface area contributed by atoms with Gasteiger partial charge in [-0.3, -0.25) is 4.79 Å². The number of nitrogens with one attached hydrogen (secondary N) is 1. The van der Waals surface area contributed by atoms with Gasteiger partial charge in [-0.15, -0.1) is 0 Å². The van der Waals surface area contributed by atoms with E-state index in [-0.39, 0.29) is 18.4 Å². The van der Waals surface area contributed by atoms with Crippen LogP contribution in [0.15, 0.2) is 46.0 Å². The number of amides is 1. The number of carbonyl (C=O) groups is 1. The van der Waals surface area contributed by atoms with Crippen molar-refractivity contribution in [1.29, 1.82) is 0 Å². The van der Waals surface area contributed by atoms with Gasteiger partial charge in [-0.05, 0) is 72.1 Å². The zero-order valence-electron chi connectivity index (χ0n) is 16.5. The summed E-state index contributed by atoms with van der Waals surface area (Å²) in [5, 5.41) is 4.03. The second-order valence-corrected chi connectivity index (χ2v) is 7.10. The van der Waals surface area contributed by atoms with Crippen molar-refractivity contribution in [2.45, 2.75) is 33.3 Å². The van der Waals surface area contributed by atoms with Gasteiger partial charge in [-0.1, -0.05) is 12.1 Å². The zero-order chi connectivity index (χ0) is 20.5. The average Bonchev–Trinajstić information content (AvgIpc) is 2.65. The van der Waals surface area contributed by atoms with Crippen LogP contribution in [0.5, 0.6) is 17.2 Å². The molecule has 0 bridgehead atoms.